The highest BCUT2D eigenvalue weighted by atomic mass is 16.5. The number of carbonyl (C=O) groups excluding carboxylic acids is 2. The Bertz CT molecular complexity index is 1120. The molecule has 36 heavy (non-hydrogen) atoms. The van der Waals surface area contributed by atoms with Gasteiger partial charge in [-0.15, -0.1) is 0 Å². The molecule has 0 saturated carbocycles. The quantitative estimate of drug-likeness (QED) is 0.242. The van der Waals surface area contributed by atoms with Gasteiger partial charge < -0.3 is 24.8 Å². The normalized spacial score (nSPS) is 12.0. The van der Waals surface area contributed by atoms with Crippen LogP contribution in [0.2, 0.25) is 0 Å². The van der Waals surface area contributed by atoms with E-state index in [1.54, 1.807) is 12.1 Å². The first-order valence-corrected chi connectivity index (χ1v) is 11.6. The molecule has 0 bridgehead atoms. The van der Waals surface area contributed by atoms with Crippen LogP contribution in [0.1, 0.15) is 42.6 Å². The van der Waals surface area contributed by atoms with E-state index >= 15 is 0 Å². The second-order valence-electron chi connectivity index (χ2n) is 8.23. The van der Waals surface area contributed by atoms with Gasteiger partial charge in [0.05, 0.1) is 33.4 Å². The summed E-state index contributed by atoms with van der Waals surface area (Å²) in [5, 5.41) is 5.87. The van der Waals surface area contributed by atoms with Gasteiger partial charge in [0, 0.05) is 0 Å². The van der Waals surface area contributed by atoms with E-state index in [-0.39, 0.29) is 17.7 Å². The molecular weight excluding hydrogens is 456 g/mol. The van der Waals surface area contributed by atoms with Crippen LogP contribution < -0.4 is 24.8 Å². The molecule has 0 aromatic heterocycles. The molecule has 7 heteroatoms. The third kappa shape index (κ3) is 6.44. The number of benzene rings is 3. The van der Waals surface area contributed by atoms with Crippen LogP contribution in [0.25, 0.3) is 6.08 Å². The first-order chi connectivity index (χ1) is 17.4. The van der Waals surface area contributed by atoms with Crippen molar-refractivity contribution in [2.75, 3.05) is 21.3 Å². The van der Waals surface area contributed by atoms with Crippen LogP contribution >= 0.6 is 0 Å². The Kier molecular flexibility index (Phi) is 9.11. The highest BCUT2D eigenvalue weighted by molar-refractivity contribution is 6.21. The molecular formula is C29H32N2O5. The molecule has 0 unspecified atom stereocenters. The Hall–Kier alpha value is -4.26. The van der Waals surface area contributed by atoms with Crippen LogP contribution in [0.3, 0.4) is 0 Å². The Morgan fingerprint density at radius 1 is 0.694 bits per heavy atom. The van der Waals surface area contributed by atoms with E-state index in [9.17, 15) is 9.59 Å². The van der Waals surface area contributed by atoms with Crippen molar-refractivity contribution in [3.63, 3.8) is 0 Å². The van der Waals surface area contributed by atoms with Gasteiger partial charge in [-0.2, -0.15) is 0 Å². The fraction of sp³-hybridized carbons (Fsp3) is 0.241. The number of rotatable bonds is 10. The standard InChI is InChI=1S/C29H32N2O5/c1-19(22-12-8-6-9-13-22)30-28(32)24(29(33)31-20(2)23-14-10-7-11-15-23)16-21-17-25(34-3)27(36-5)26(18-21)35-4/h6-20H,1-5H3,(H,30,32)(H,31,33)/t19-,20-/m0/s1. The van der Waals surface area contributed by atoms with Crippen molar-refractivity contribution in [3.8, 4) is 17.2 Å². The SMILES string of the molecule is COc1cc(C=C(C(=O)N[C@@H](C)c2ccccc2)C(=O)N[C@@H](C)c2ccccc2)cc(OC)c1OC. The fourth-order valence-electron chi connectivity index (χ4n) is 3.78. The van der Waals surface area contributed by atoms with Crippen LogP contribution in [0.15, 0.2) is 78.4 Å². The first kappa shape index (κ1) is 26.3. The molecule has 0 radical (unpaired) electrons. The van der Waals surface area contributed by atoms with Gasteiger partial charge in [0.2, 0.25) is 5.75 Å². The Morgan fingerprint density at radius 2 is 1.11 bits per heavy atom. The van der Waals surface area contributed by atoms with E-state index < -0.39 is 11.8 Å². The summed E-state index contributed by atoms with van der Waals surface area (Å²) in [6, 6.07) is 21.9. The van der Waals surface area contributed by atoms with Crippen molar-refractivity contribution in [1.29, 1.82) is 0 Å². The maximum absolute atomic E-state index is 13.4. The summed E-state index contributed by atoms with van der Waals surface area (Å²) in [6.07, 6.45) is 1.52. The summed E-state index contributed by atoms with van der Waals surface area (Å²) < 4.78 is 16.2. The van der Waals surface area contributed by atoms with Crippen LogP contribution in [-0.2, 0) is 9.59 Å². The zero-order valence-corrected chi connectivity index (χ0v) is 21.2. The van der Waals surface area contributed by atoms with Crippen molar-refractivity contribution in [1.82, 2.24) is 10.6 Å². The highest BCUT2D eigenvalue weighted by Gasteiger charge is 2.23. The van der Waals surface area contributed by atoms with Crippen molar-refractivity contribution in [2.24, 2.45) is 0 Å². The van der Waals surface area contributed by atoms with Crippen LogP contribution in [-0.4, -0.2) is 33.1 Å². The van der Waals surface area contributed by atoms with Gasteiger partial charge in [-0.05, 0) is 48.7 Å². The van der Waals surface area contributed by atoms with Crippen LogP contribution in [0.5, 0.6) is 17.2 Å². The predicted octanol–water partition coefficient (Wildman–Crippen LogP) is 4.85. The monoisotopic (exact) mass is 488 g/mol. The molecule has 2 amide bonds. The van der Waals surface area contributed by atoms with Gasteiger partial charge in [-0.3, -0.25) is 9.59 Å². The van der Waals surface area contributed by atoms with Gasteiger partial charge in [0.1, 0.15) is 5.57 Å². The molecule has 0 spiro atoms. The molecule has 7 nitrogen and oxygen atoms in total. The fourth-order valence-corrected chi connectivity index (χ4v) is 3.78. The number of hydrogen-bond donors (Lipinski definition) is 2. The third-order valence-corrected chi connectivity index (χ3v) is 5.78. The summed E-state index contributed by atoms with van der Waals surface area (Å²) in [5.41, 5.74) is 2.35. The second kappa shape index (κ2) is 12.4. The molecule has 0 aliphatic heterocycles. The largest absolute Gasteiger partial charge is 0.493 e. The third-order valence-electron chi connectivity index (χ3n) is 5.78. The summed E-state index contributed by atoms with van der Waals surface area (Å²) in [7, 11) is 4.53. The Morgan fingerprint density at radius 3 is 1.47 bits per heavy atom. The molecule has 3 rings (SSSR count). The number of hydrogen-bond acceptors (Lipinski definition) is 5. The van der Waals surface area contributed by atoms with Crippen molar-refractivity contribution in [2.45, 2.75) is 25.9 Å². The minimum Gasteiger partial charge on any atom is -0.493 e. The molecule has 0 heterocycles. The second-order valence-corrected chi connectivity index (χ2v) is 8.23. The molecule has 2 atom stereocenters. The number of amides is 2. The number of methoxy groups -OCH3 is 3. The van der Waals surface area contributed by atoms with Gasteiger partial charge in [0.25, 0.3) is 11.8 Å². The average Bonchev–Trinajstić information content (AvgIpc) is 2.91. The summed E-state index contributed by atoms with van der Waals surface area (Å²) in [4.78, 5) is 26.8. The lowest BCUT2D eigenvalue weighted by atomic mass is 10.0. The zero-order chi connectivity index (χ0) is 26.1. The lowest BCUT2D eigenvalue weighted by Gasteiger charge is -2.19. The van der Waals surface area contributed by atoms with Crippen molar-refractivity contribution >= 4 is 17.9 Å². The maximum atomic E-state index is 13.4. The predicted molar refractivity (Wildman–Crippen MR) is 140 cm³/mol. The minimum absolute atomic E-state index is 0.0464. The van der Waals surface area contributed by atoms with E-state index in [1.165, 1.54) is 27.4 Å². The lowest BCUT2D eigenvalue weighted by Crippen LogP contribution is -2.36. The number of ether oxygens (including phenoxy) is 3. The van der Waals surface area contributed by atoms with Crippen molar-refractivity contribution in [3.05, 3.63) is 95.1 Å². The smallest absolute Gasteiger partial charge is 0.257 e. The Balaban J connectivity index is 1.98. The molecule has 3 aromatic rings. The molecule has 0 saturated heterocycles. The number of nitrogens with one attached hydrogen (secondary N) is 2. The lowest BCUT2D eigenvalue weighted by molar-refractivity contribution is -0.124. The zero-order valence-electron chi connectivity index (χ0n) is 21.2. The van der Waals surface area contributed by atoms with E-state index in [1.807, 2.05) is 74.5 Å². The summed E-state index contributed by atoms with van der Waals surface area (Å²) >= 11 is 0. The van der Waals surface area contributed by atoms with E-state index in [0.29, 0.717) is 22.8 Å². The number of carbonyl (C=O) groups is 2. The van der Waals surface area contributed by atoms with E-state index in [4.69, 9.17) is 14.2 Å². The van der Waals surface area contributed by atoms with Crippen LogP contribution in [0.4, 0.5) is 0 Å². The van der Waals surface area contributed by atoms with Gasteiger partial charge in [0.15, 0.2) is 11.5 Å². The topological polar surface area (TPSA) is 85.9 Å². The van der Waals surface area contributed by atoms with Gasteiger partial charge in [-0.25, -0.2) is 0 Å². The molecule has 2 N–H and O–H groups in total. The highest BCUT2D eigenvalue weighted by Crippen LogP contribution is 2.38. The van der Waals surface area contributed by atoms with Crippen molar-refractivity contribution < 1.29 is 23.8 Å². The van der Waals surface area contributed by atoms with Gasteiger partial charge in [-0.1, -0.05) is 60.7 Å². The van der Waals surface area contributed by atoms with Crippen LogP contribution in [0, 0.1) is 0 Å². The molecule has 0 aliphatic rings. The molecule has 0 aliphatic carbocycles. The Labute approximate surface area is 212 Å². The first-order valence-electron chi connectivity index (χ1n) is 11.6. The van der Waals surface area contributed by atoms with Gasteiger partial charge >= 0.3 is 0 Å². The molecule has 188 valence electrons. The molecule has 3 aromatic carbocycles. The summed E-state index contributed by atoms with van der Waals surface area (Å²) in [6.45, 7) is 3.74. The minimum atomic E-state index is -0.502. The van der Waals surface area contributed by atoms with E-state index in [0.717, 1.165) is 11.1 Å². The average molecular weight is 489 g/mol. The maximum Gasteiger partial charge on any atom is 0.257 e. The molecule has 0 fully saturated rings. The van der Waals surface area contributed by atoms with E-state index in [2.05, 4.69) is 10.6 Å². The summed E-state index contributed by atoms with van der Waals surface area (Å²) in [5.74, 6) is 0.246.